The van der Waals surface area contributed by atoms with Crippen LogP contribution in [0.3, 0.4) is 0 Å². The molecule has 47 heavy (non-hydrogen) atoms. The molecule has 7 nitrogen and oxygen atoms in total. The van der Waals surface area contributed by atoms with Crippen molar-refractivity contribution in [1.29, 1.82) is 0 Å². The van der Waals surface area contributed by atoms with Gasteiger partial charge in [0.25, 0.3) is 10.0 Å². The first-order valence-electron chi connectivity index (χ1n) is 15.8. The van der Waals surface area contributed by atoms with E-state index >= 15 is 0 Å². The molecule has 1 aliphatic carbocycles. The molecule has 4 aromatic rings. The first kappa shape index (κ1) is 34.5. The van der Waals surface area contributed by atoms with Crippen LogP contribution in [0.5, 0.6) is 0 Å². The van der Waals surface area contributed by atoms with Crippen LogP contribution >= 0.6 is 23.2 Å². The van der Waals surface area contributed by atoms with Crippen LogP contribution in [0.2, 0.25) is 10.0 Å². The number of sulfonamides is 1. The van der Waals surface area contributed by atoms with E-state index in [9.17, 15) is 18.0 Å². The number of benzene rings is 4. The maximum Gasteiger partial charge on any atom is 0.264 e. The molecular formula is C37H39Cl2N3O4S. The average Bonchev–Trinajstić information content (AvgIpc) is 3.08. The Morgan fingerprint density at radius 2 is 1.45 bits per heavy atom. The molecule has 1 fully saturated rings. The highest BCUT2D eigenvalue weighted by molar-refractivity contribution is 7.92. The average molecular weight is 693 g/mol. The molecule has 0 radical (unpaired) electrons. The van der Waals surface area contributed by atoms with Crippen LogP contribution in [0.1, 0.15) is 48.8 Å². The molecular weight excluding hydrogens is 653 g/mol. The van der Waals surface area contributed by atoms with Crippen molar-refractivity contribution >= 4 is 50.7 Å². The Morgan fingerprint density at radius 3 is 2.09 bits per heavy atom. The van der Waals surface area contributed by atoms with Crippen LogP contribution in [0.4, 0.5) is 5.69 Å². The summed E-state index contributed by atoms with van der Waals surface area (Å²) in [4.78, 5) is 30.4. The Kier molecular flexibility index (Phi) is 11.6. The third-order valence-corrected chi connectivity index (χ3v) is 11.0. The maximum absolute atomic E-state index is 14.6. The lowest BCUT2D eigenvalue weighted by Crippen LogP contribution is -2.55. The first-order chi connectivity index (χ1) is 22.6. The zero-order valence-electron chi connectivity index (χ0n) is 26.3. The Balaban J connectivity index is 1.56. The van der Waals surface area contributed by atoms with Gasteiger partial charge in [0.2, 0.25) is 11.8 Å². The number of carbonyl (C=O) groups excluding carboxylic acids is 2. The molecule has 0 unspecified atom stereocenters. The molecule has 0 aliphatic heterocycles. The topological polar surface area (TPSA) is 86.8 Å². The lowest BCUT2D eigenvalue weighted by atomic mass is 9.94. The fourth-order valence-corrected chi connectivity index (χ4v) is 7.60. The summed E-state index contributed by atoms with van der Waals surface area (Å²) in [6.45, 7) is 1.52. The van der Waals surface area contributed by atoms with Crippen molar-refractivity contribution in [2.45, 2.75) is 69.0 Å². The van der Waals surface area contributed by atoms with Crippen molar-refractivity contribution in [3.63, 3.8) is 0 Å². The number of anilines is 1. The number of amides is 2. The predicted molar refractivity (Wildman–Crippen MR) is 188 cm³/mol. The van der Waals surface area contributed by atoms with Gasteiger partial charge in [-0.1, -0.05) is 121 Å². The summed E-state index contributed by atoms with van der Waals surface area (Å²) in [7, 11) is -4.23. The summed E-state index contributed by atoms with van der Waals surface area (Å²) in [5.41, 5.74) is 2.94. The summed E-state index contributed by atoms with van der Waals surface area (Å²) in [5.74, 6) is -0.788. The summed E-state index contributed by atoms with van der Waals surface area (Å²) >= 11 is 12.5. The van der Waals surface area contributed by atoms with Gasteiger partial charge in [-0.05, 0) is 61.2 Å². The molecule has 1 saturated carbocycles. The number of nitrogens with one attached hydrogen (secondary N) is 1. The van der Waals surface area contributed by atoms with Crippen LogP contribution in [0.15, 0.2) is 108 Å². The lowest BCUT2D eigenvalue weighted by molar-refractivity contribution is -0.140. The van der Waals surface area contributed by atoms with Crippen LogP contribution in [0, 0.1) is 6.92 Å². The van der Waals surface area contributed by atoms with Crippen LogP contribution in [-0.4, -0.2) is 43.8 Å². The van der Waals surface area contributed by atoms with Gasteiger partial charge in [0, 0.05) is 19.0 Å². The van der Waals surface area contributed by atoms with E-state index in [1.54, 1.807) is 18.2 Å². The summed E-state index contributed by atoms with van der Waals surface area (Å²) in [6, 6.07) is 28.8. The van der Waals surface area contributed by atoms with Crippen molar-refractivity contribution in [3.8, 4) is 0 Å². The molecule has 1 aliphatic rings. The van der Waals surface area contributed by atoms with Gasteiger partial charge in [-0.2, -0.15) is 0 Å². The van der Waals surface area contributed by atoms with E-state index < -0.39 is 28.5 Å². The standard InChI is InChI=1S/C37H39Cl2N3O4S/c1-27-17-19-29(20-18-27)25-41(35(23-28-11-5-2-6-12-28)37(44)40-30-13-7-3-8-14-30)36(43)26-42(31-21-22-33(38)34(39)24-31)47(45,46)32-15-9-4-10-16-32/h2,4-6,9-12,15-22,24,30,35H,3,7-8,13-14,23,25-26H2,1H3,(H,40,44)/t35-/m1/s1. The number of rotatable bonds is 12. The highest BCUT2D eigenvalue weighted by Gasteiger charge is 2.35. The largest absolute Gasteiger partial charge is 0.352 e. The van der Waals surface area contributed by atoms with Crippen molar-refractivity contribution in [2.75, 3.05) is 10.8 Å². The minimum atomic E-state index is -4.23. The van der Waals surface area contributed by atoms with E-state index in [4.69, 9.17) is 23.2 Å². The lowest BCUT2D eigenvalue weighted by Gasteiger charge is -2.35. The third-order valence-electron chi connectivity index (χ3n) is 8.50. The maximum atomic E-state index is 14.6. The zero-order chi connectivity index (χ0) is 33.4. The van der Waals surface area contributed by atoms with Crippen molar-refractivity contribution in [2.24, 2.45) is 0 Å². The normalized spacial score (nSPS) is 14.3. The zero-order valence-corrected chi connectivity index (χ0v) is 28.6. The van der Waals surface area contributed by atoms with Gasteiger partial charge in [0.1, 0.15) is 12.6 Å². The van der Waals surface area contributed by atoms with E-state index in [0.717, 1.165) is 53.1 Å². The van der Waals surface area contributed by atoms with Crippen LogP contribution in [0.25, 0.3) is 0 Å². The summed E-state index contributed by atoms with van der Waals surface area (Å²) < 4.78 is 29.3. The number of hydrogen-bond donors (Lipinski definition) is 1. The summed E-state index contributed by atoms with van der Waals surface area (Å²) in [5, 5.41) is 3.63. The molecule has 1 atom stereocenters. The van der Waals surface area contributed by atoms with E-state index in [1.807, 2.05) is 61.5 Å². The quantitative estimate of drug-likeness (QED) is 0.166. The van der Waals surface area contributed by atoms with Gasteiger partial charge in [-0.25, -0.2) is 8.42 Å². The smallest absolute Gasteiger partial charge is 0.264 e. The Bertz CT molecular complexity index is 1760. The van der Waals surface area contributed by atoms with E-state index in [0.29, 0.717) is 0 Å². The number of halogens is 2. The second kappa shape index (κ2) is 15.8. The minimum absolute atomic E-state index is 0.0137. The Morgan fingerprint density at radius 1 is 0.809 bits per heavy atom. The van der Waals surface area contributed by atoms with Gasteiger partial charge in [0.15, 0.2) is 0 Å². The van der Waals surface area contributed by atoms with Gasteiger partial charge in [-0.15, -0.1) is 0 Å². The highest BCUT2D eigenvalue weighted by atomic mass is 35.5. The molecule has 10 heteroatoms. The van der Waals surface area contributed by atoms with Crippen molar-refractivity contribution in [1.82, 2.24) is 10.2 Å². The monoisotopic (exact) mass is 691 g/mol. The SMILES string of the molecule is Cc1ccc(CN(C(=O)CN(c2ccc(Cl)c(Cl)c2)S(=O)(=O)c2ccccc2)[C@H](Cc2ccccc2)C(=O)NC2CCCCC2)cc1. The molecule has 0 heterocycles. The van der Waals surface area contributed by atoms with E-state index in [-0.39, 0.29) is 45.5 Å². The van der Waals surface area contributed by atoms with Crippen LogP contribution < -0.4 is 9.62 Å². The molecule has 246 valence electrons. The third kappa shape index (κ3) is 8.95. The van der Waals surface area contributed by atoms with E-state index in [2.05, 4.69) is 5.32 Å². The second-order valence-electron chi connectivity index (χ2n) is 12.0. The van der Waals surface area contributed by atoms with Crippen molar-refractivity contribution < 1.29 is 18.0 Å². The molecule has 4 aromatic carbocycles. The number of carbonyl (C=O) groups is 2. The Hall–Kier alpha value is -3.85. The first-order valence-corrected chi connectivity index (χ1v) is 18.0. The van der Waals surface area contributed by atoms with Crippen molar-refractivity contribution in [3.05, 3.63) is 130 Å². The fraction of sp³-hybridized carbons (Fsp3) is 0.297. The van der Waals surface area contributed by atoms with Gasteiger partial charge in [0.05, 0.1) is 20.6 Å². The predicted octanol–water partition coefficient (Wildman–Crippen LogP) is 7.59. The number of nitrogens with zero attached hydrogens (tertiary/aromatic N) is 2. The molecule has 0 saturated heterocycles. The summed E-state index contributed by atoms with van der Waals surface area (Å²) in [6.07, 6.45) is 5.24. The second-order valence-corrected chi connectivity index (χ2v) is 14.7. The number of aryl methyl sites for hydroxylation is 1. The molecule has 0 bridgehead atoms. The van der Waals surface area contributed by atoms with Gasteiger partial charge >= 0.3 is 0 Å². The van der Waals surface area contributed by atoms with Crippen LogP contribution in [-0.2, 0) is 32.6 Å². The fourth-order valence-electron chi connectivity index (χ4n) is 5.88. The molecule has 2 amide bonds. The molecule has 0 aromatic heterocycles. The molecule has 1 N–H and O–H groups in total. The molecule has 5 rings (SSSR count). The molecule has 0 spiro atoms. The van der Waals surface area contributed by atoms with E-state index in [1.165, 1.54) is 35.2 Å². The van der Waals surface area contributed by atoms with Gasteiger partial charge in [-0.3, -0.25) is 13.9 Å². The Labute approximate surface area is 287 Å². The van der Waals surface area contributed by atoms with Gasteiger partial charge < -0.3 is 10.2 Å². The minimum Gasteiger partial charge on any atom is -0.352 e. The highest BCUT2D eigenvalue weighted by Crippen LogP contribution is 2.31. The number of hydrogen-bond acceptors (Lipinski definition) is 4.